The number of amides is 1. The van der Waals surface area contributed by atoms with Crippen LogP contribution in [0.15, 0.2) is 17.5 Å². The van der Waals surface area contributed by atoms with Crippen LogP contribution in [0.4, 0.5) is 0 Å². The molecule has 0 aliphatic carbocycles. The van der Waals surface area contributed by atoms with Gasteiger partial charge in [-0.3, -0.25) is 4.79 Å². The van der Waals surface area contributed by atoms with Crippen molar-refractivity contribution in [2.45, 2.75) is 32.4 Å². The third kappa shape index (κ3) is 3.04. The van der Waals surface area contributed by atoms with Gasteiger partial charge in [-0.2, -0.15) is 0 Å². The number of likely N-dealkylation sites (N-methyl/N-ethyl adjacent to an activating group) is 1. The van der Waals surface area contributed by atoms with E-state index in [9.17, 15) is 4.79 Å². The Labute approximate surface area is 94.9 Å². The first-order chi connectivity index (χ1) is 6.97. The molecular formula is C11H18N2OS. The molecule has 0 spiro atoms. The van der Waals surface area contributed by atoms with Gasteiger partial charge in [0.25, 0.3) is 0 Å². The van der Waals surface area contributed by atoms with Crippen molar-refractivity contribution in [3.05, 3.63) is 22.4 Å². The van der Waals surface area contributed by atoms with Gasteiger partial charge in [0.2, 0.25) is 5.91 Å². The Hall–Kier alpha value is -0.870. The first kappa shape index (κ1) is 12.2. The van der Waals surface area contributed by atoms with Crippen molar-refractivity contribution in [2.75, 3.05) is 7.05 Å². The highest BCUT2D eigenvalue weighted by Gasteiger charge is 2.26. The minimum absolute atomic E-state index is 0.0194. The Morgan fingerprint density at radius 3 is 2.67 bits per heavy atom. The van der Waals surface area contributed by atoms with Crippen molar-refractivity contribution in [3.8, 4) is 0 Å². The van der Waals surface area contributed by atoms with Crippen LogP contribution in [0.2, 0.25) is 0 Å². The van der Waals surface area contributed by atoms with Gasteiger partial charge in [0.15, 0.2) is 0 Å². The average molecular weight is 226 g/mol. The highest BCUT2D eigenvalue weighted by Crippen LogP contribution is 2.18. The molecule has 1 aromatic heterocycles. The van der Waals surface area contributed by atoms with E-state index < -0.39 is 5.54 Å². The fourth-order valence-corrected chi connectivity index (χ4v) is 1.83. The van der Waals surface area contributed by atoms with Gasteiger partial charge in [-0.15, -0.1) is 11.3 Å². The summed E-state index contributed by atoms with van der Waals surface area (Å²) in [5.41, 5.74) is -0.522. The Morgan fingerprint density at radius 2 is 2.20 bits per heavy atom. The summed E-state index contributed by atoms with van der Waals surface area (Å²) >= 11 is 1.66. The third-order valence-corrected chi connectivity index (χ3v) is 3.57. The Bertz CT molecular complexity index is 319. The van der Waals surface area contributed by atoms with Gasteiger partial charge < -0.3 is 10.6 Å². The van der Waals surface area contributed by atoms with Crippen molar-refractivity contribution in [2.24, 2.45) is 0 Å². The molecule has 84 valence electrons. The maximum Gasteiger partial charge on any atom is 0.240 e. The predicted octanol–water partition coefficient (Wildman–Crippen LogP) is 1.92. The van der Waals surface area contributed by atoms with E-state index in [0.29, 0.717) is 0 Å². The molecule has 0 aromatic carbocycles. The Kier molecular flexibility index (Phi) is 3.88. The van der Waals surface area contributed by atoms with Crippen LogP contribution in [0.5, 0.6) is 0 Å². The van der Waals surface area contributed by atoms with Crippen LogP contribution in [0.25, 0.3) is 0 Å². The van der Waals surface area contributed by atoms with Crippen LogP contribution < -0.4 is 10.6 Å². The molecule has 0 fully saturated rings. The molecule has 2 N–H and O–H groups in total. The molecule has 0 unspecified atom stereocenters. The monoisotopic (exact) mass is 226 g/mol. The van der Waals surface area contributed by atoms with Crippen molar-refractivity contribution >= 4 is 17.2 Å². The zero-order valence-electron chi connectivity index (χ0n) is 9.63. The molecule has 0 aliphatic heterocycles. The fraction of sp³-hybridized carbons (Fsp3) is 0.545. The van der Waals surface area contributed by atoms with E-state index in [1.165, 1.54) is 4.88 Å². The second-order valence-electron chi connectivity index (χ2n) is 4.09. The molecule has 0 aliphatic rings. The molecule has 1 aromatic rings. The van der Waals surface area contributed by atoms with Crippen LogP contribution in [-0.2, 0) is 4.79 Å². The van der Waals surface area contributed by atoms with Crippen molar-refractivity contribution in [1.82, 2.24) is 10.6 Å². The summed E-state index contributed by atoms with van der Waals surface area (Å²) < 4.78 is 0. The van der Waals surface area contributed by atoms with Crippen molar-refractivity contribution in [1.29, 1.82) is 0 Å². The molecule has 15 heavy (non-hydrogen) atoms. The van der Waals surface area contributed by atoms with E-state index in [4.69, 9.17) is 0 Å². The minimum Gasteiger partial charge on any atom is -0.347 e. The summed E-state index contributed by atoms with van der Waals surface area (Å²) in [6.45, 7) is 5.72. The fourth-order valence-electron chi connectivity index (χ4n) is 1.10. The van der Waals surface area contributed by atoms with Gasteiger partial charge in [0.05, 0.1) is 11.6 Å². The van der Waals surface area contributed by atoms with E-state index >= 15 is 0 Å². The molecule has 0 saturated carbocycles. The standard InChI is InChI=1S/C11H18N2OS/c1-8(9-6-5-7-15-9)13-10(14)11(2,3)12-4/h5-8,12H,1-4H3,(H,13,14)/t8-/m0/s1. The third-order valence-electron chi connectivity index (χ3n) is 2.51. The SMILES string of the molecule is CNC(C)(C)C(=O)N[C@@H](C)c1cccs1. The molecular weight excluding hydrogens is 208 g/mol. The molecule has 4 heteroatoms. The molecule has 1 rings (SSSR count). The summed E-state index contributed by atoms with van der Waals surface area (Å²) in [6, 6.07) is 4.10. The van der Waals surface area contributed by atoms with E-state index in [0.717, 1.165) is 0 Å². The smallest absolute Gasteiger partial charge is 0.240 e. The Balaban J connectivity index is 2.60. The quantitative estimate of drug-likeness (QED) is 0.823. The lowest BCUT2D eigenvalue weighted by atomic mass is 10.0. The number of thiophene rings is 1. The van der Waals surface area contributed by atoms with Crippen molar-refractivity contribution < 1.29 is 4.79 Å². The van der Waals surface area contributed by atoms with E-state index in [1.807, 2.05) is 38.3 Å². The van der Waals surface area contributed by atoms with Gasteiger partial charge >= 0.3 is 0 Å². The van der Waals surface area contributed by atoms with Gasteiger partial charge in [-0.25, -0.2) is 0 Å². The summed E-state index contributed by atoms with van der Waals surface area (Å²) in [5.74, 6) is 0.0194. The number of rotatable bonds is 4. The van der Waals surface area contributed by atoms with E-state index in [2.05, 4.69) is 10.6 Å². The lowest BCUT2D eigenvalue weighted by Gasteiger charge is -2.25. The zero-order chi connectivity index (χ0) is 11.5. The van der Waals surface area contributed by atoms with Gasteiger partial charge in [0.1, 0.15) is 0 Å². The zero-order valence-corrected chi connectivity index (χ0v) is 10.4. The second kappa shape index (κ2) is 4.77. The largest absolute Gasteiger partial charge is 0.347 e. The summed E-state index contributed by atoms with van der Waals surface area (Å²) in [7, 11) is 1.79. The van der Waals surface area contributed by atoms with Crippen LogP contribution in [0.1, 0.15) is 31.7 Å². The molecule has 0 bridgehead atoms. The number of nitrogens with one attached hydrogen (secondary N) is 2. The summed E-state index contributed by atoms with van der Waals surface area (Å²) in [5, 5.41) is 7.98. The molecule has 1 atom stereocenters. The molecule has 1 amide bonds. The average Bonchev–Trinajstić information content (AvgIpc) is 2.70. The predicted molar refractivity (Wildman–Crippen MR) is 64.0 cm³/mol. The van der Waals surface area contributed by atoms with Crippen LogP contribution in [0.3, 0.4) is 0 Å². The molecule has 1 heterocycles. The van der Waals surface area contributed by atoms with Crippen LogP contribution >= 0.6 is 11.3 Å². The van der Waals surface area contributed by atoms with Gasteiger partial charge in [0, 0.05) is 4.88 Å². The number of hydrogen-bond donors (Lipinski definition) is 2. The maximum atomic E-state index is 11.8. The first-order valence-corrected chi connectivity index (χ1v) is 5.88. The molecule has 0 saturated heterocycles. The maximum absolute atomic E-state index is 11.8. The van der Waals surface area contributed by atoms with Gasteiger partial charge in [-0.1, -0.05) is 6.07 Å². The second-order valence-corrected chi connectivity index (χ2v) is 5.06. The minimum atomic E-state index is -0.522. The number of carbonyl (C=O) groups excluding carboxylic acids is 1. The van der Waals surface area contributed by atoms with Crippen molar-refractivity contribution in [3.63, 3.8) is 0 Å². The Morgan fingerprint density at radius 1 is 1.53 bits per heavy atom. The summed E-state index contributed by atoms with van der Waals surface area (Å²) in [6.07, 6.45) is 0. The molecule has 3 nitrogen and oxygen atoms in total. The topological polar surface area (TPSA) is 41.1 Å². The van der Waals surface area contributed by atoms with E-state index in [1.54, 1.807) is 18.4 Å². The number of hydrogen-bond acceptors (Lipinski definition) is 3. The lowest BCUT2D eigenvalue weighted by Crippen LogP contribution is -2.51. The highest BCUT2D eigenvalue weighted by molar-refractivity contribution is 7.10. The van der Waals surface area contributed by atoms with E-state index in [-0.39, 0.29) is 11.9 Å². The van der Waals surface area contributed by atoms with Gasteiger partial charge in [-0.05, 0) is 39.3 Å². The van der Waals surface area contributed by atoms with Crippen LogP contribution in [-0.4, -0.2) is 18.5 Å². The normalized spacial score (nSPS) is 13.6. The molecule has 0 radical (unpaired) electrons. The summed E-state index contributed by atoms with van der Waals surface area (Å²) in [4.78, 5) is 13.0. The highest BCUT2D eigenvalue weighted by atomic mass is 32.1. The lowest BCUT2D eigenvalue weighted by molar-refractivity contribution is -0.126. The first-order valence-electron chi connectivity index (χ1n) is 5.00. The number of carbonyl (C=O) groups is 1. The van der Waals surface area contributed by atoms with Crippen LogP contribution in [0, 0.1) is 0 Å².